The number of oxazole rings is 1. The first-order chi connectivity index (χ1) is 16.8. The molecule has 3 N–H and O–H groups in total. The third-order valence-corrected chi connectivity index (χ3v) is 5.60. The number of nitrogens with one attached hydrogen (secondary N) is 2. The maximum atomic E-state index is 12.7. The number of anilines is 1. The molecule has 4 aromatic rings. The molecule has 180 valence electrons. The van der Waals surface area contributed by atoms with E-state index in [-0.39, 0.29) is 16.8 Å². The molecule has 0 aliphatic carbocycles. The third kappa shape index (κ3) is 5.78. The summed E-state index contributed by atoms with van der Waals surface area (Å²) in [6.45, 7) is 6.64. The maximum absolute atomic E-state index is 12.7. The molecule has 0 spiro atoms. The molecule has 0 bridgehead atoms. The largest absolute Gasteiger partial charge is 0.507 e. The van der Waals surface area contributed by atoms with Gasteiger partial charge in [-0.3, -0.25) is 10.1 Å². The molecule has 0 saturated heterocycles. The lowest BCUT2D eigenvalue weighted by molar-refractivity contribution is 0.0977. The lowest BCUT2D eigenvalue weighted by atomic mass is 10.1. The van der Waals surface area contributed by atoms with Crippen molar-refractivity contribution in [1.82, 2.24) is 10.3 Å². The second-order valence-corrected chi connectivity index (χ2v) is 8.73. The van der Waals surface area contributed by atoms with Crippen LogP contribution in [0, 0.1) is 13.8 Å². The summed E-state index contributed by atoms with van der Waals surface area (Å²) in [5, 5.41) is 16.2. The van der Waals surface area contributed by atoms with E-state index in [4.69, 9.17) is 21.4 Å². The molecule has 0 fully saturated rings. The van der Waals surface area contributed by atoms with Gasteiger partial charge in [-0.1, -0.05) is 25.5 Å². The molecule has 1 amide bonds. The van der Waals surface area contributed by atoms with E-state index >= 15 is 0 Å². The number of nitrogens with zero attached hydrogens (tertiary/aromatic N) is 1. The van der Waals surface area contributed by atoms with Crippen LogP contribution in [0.5, 0.6) is 11.5 Å². The molecule has 8 heteroatoms. The van der Waals surface area contributed by atoms with E-state index in [1.165, 1.54) is 6.07 Å². The van der Waals surface area contributed by atoms with Crippen LogP contribution in [0.15, 0.2) is 59.0 Å². The molecule has 0 saturated carbocycles. The minimum atomic E-state index is -0.354. The average molecular weight is 490 g/mol. The van der Waals surface area contributed by atoms with E-state index in [9.17, 15) is 9.90 Å². The Balaban J connectivity index is 1.47. The zero-order chi connectivity index (χ0) is 24.9. The summed E-state index contributed by atoms with van der Waals surface area (Å²) < 4.78 is 11.6. The number of hydrogen-bond donors (Lipinski definition) is 3. The smallest absolute Gasteiger partial charge is 0.257 e. The number of carbonyl (C=O) groups excluding carboxylic acids is 1. The fourth-order valence-electron chi connectivity index (χ4n) is 3.68. The van der Waals surface area contributed by atoms with Crippen molar-refractivity contribution in [2.75, 3.05) is 11.9 Å². The fraction of sp³-hybridized carbons (Fsp3) is 0.222. The van der Waals surface area contributed by atoms with Crippen LogP contribution in [0.2, 0.25) is 0 Å². The van der Waals surface area contributed by atoms with Crippen molar-refractivity contribution in [3.05, 3.63) is 71.3 Å². The molecule has 1 heterocycles. The van der Waals surface area contributed by atoms with Gasteiger partial charge in [0.1, 0.15) is 17.0 Å². The van der Waals surface area contributed by atoms with Crippen LogP contribution >= 0.6 is 12.2 Å². The summed E-state index contributed by atoms with van der Waals surface area (Å²) >= 11 is 5.33. The highest BCUT2D eigenvalue weighted by Crippen LogP contribution is 2.34. The van der Waals surface area contributed by atoms with Crippen molar-refractivity contribution in [2.45, 2.75) is 33.6 Å². The highest BCUT2D eigenvalue weighted by molar-refractivity contribution is 7.80. The molecular formula is C27H27N3O4S. The number of phenols is 1. The maximum Gasteiger partial charge on any atom is 0.257 e. The molecule has 7 nitrogen and oxygen atoms in total. The van der Waals surface area contributed by atoms with Crippen molar-refractivity contribution in [3.63, 3.8) is 0 Å². The third-order valence-electron chi connectivity index (χ3n) is 5.39. The van der Waals surface area contributed by atoms with Crippen LogP contribution in [0.3, 0.4) is 0 Å². The number of ether oxygens (including phenoxy) is 1. The number of carbonyl (C=O) groups is 1. The quantitative estimate of drug-likeness (QED) is 0.163. The van der Waals surface area contributed by atoms with E-state index < -0.39 is 0 Å². The Morgan fingerprint density at radius 3 is 2.77 bits per heavy atom. The van der Waals surface area contributed by atoms with Crippen molar-refractivity contribution in [1.29, 1.82) is 0 Å². The predicted molar refractivity (Wildman–Crippen MR) is 141 cm³/mol. The SMILES string of the molecule is CCCCOc1cccc(C(=O)NC(=S)Nc2ccc(O)c(-c3nc4cc(C)cc(C)c4o3)c2)c1. The van der Waals surface area contributed by atoms with Crippen LogP contribution in [-0.4, -0.2) is 27.7 Å². The number of fused-ring (bicyclic) bond motifs is 1. The molecule has 1 aromatic heterocycles. The Kier molecular flexibility index (Phi) is 7.31. The first kappa shape index (κ1) is 24.2. The number of benzene rings is 3. The van der Waals surface area contributed by atoms with Gasteiger partial charge < -0.3 is 19.6 Å². The first-order valence-electron chi connectivity index (χ1n) is 11.4. The van der Waals surface area contributed by atoms with Crippen LogP contribution in [0.25, 0.3) is 22.6 Å². The fourth-order valence-corrected chi connectivity index (χ4v) is 3.89. The van der Waals surface area contributed by atoms with E-state index in [0.717, 1.165) is 29.5 Å². The topological polar surface area (TPSA) is 96.6 Å². The zero-order valence-electron chi connectivity index (χ0n) is 19.8. The normalized spacial score (nSPS) is 10.8. The van der Waals surface area contributed by atoms with Gasteiger partial charge in [-0.25, -0.2) is 4.98 Å². The minimum Gasteiger partial charge on any atom is -0.507 e. The van der Waals surface area contributed by atoms with Crippen molar-refractivity contribution in [3.8, 4) is 23.0 Å². The van der Waals surface area contributed by atoms with E-state index in [1.807, 2.05) is 32.0 Å². The predicted octanol–water partition coefficient (Wildman–Crippen LogP) is 6.12. The van der Waals surface area contributed by atoms with Crippen LogP contribution in [0.4, 0.5) is 5.69 Å². The Bertz CT molecular complexity index is 1400. The van der Waals surface area contributed by atoms with E-state index in [2.05, 4.69) is 22.5 Å². The number of phenolic OH excluding ortho intramolecular Hbond substituents is 1. The number of unbranched alkanes of at least 4 members (excludes halogenated alkanes) is 1. The second-order valence-electron chi connectivity index (χ2n) is 8.32. The number of aryl methyl sites for hydroxylation is 2. The van der Waals surface area contributed by atoms with Gasteiger partial charge in [0.25, 0.3) is 5.91 Å². The summed E-state index contributed by atoms with van der Waals surface area (Å²) in [7, 11) is 0. The Morgan fingerprint density at radius 1 is 1.14 bits per heavy atom. The van der Waals surface area contributed by atoms with Gasteiger partial charge in [-0.15, -0.1) is 0 Å². The Labute approximate surface area is 209 Å². The lowest BCUT2D eigenvalue weighted by Gasteiger charge is -2.12. The number of aromatic nitrogens is 1. The summed E-state index contributed by atoms with van der Waals surface area (Å²) in [5.74, 6) is 0.597. The molecule has 4 rings (SSSR count). The molecule has 0 aliphatic rings. The van der Waals surface area contributed by atoms with Crippen LogP contribution in [0.1, 0.15) is 41.3 Å². The first-order valence-corrected chi connectivity index (χ1v) is 11.8. The van der Waals surface area contributed by atoms with E-state index in [1.54, 1.807) is 30.3 Å². The van der Waals surface area contributed by atoms with Gasteiger partial charge >= 0.3 is 0 Å². The van der Waals surface area contributed by atoms with Gasteiger partial charge in [-0.2, -0.15) is 0 Å². The zero-order valence-corrected chi connectivity index (χ0v) is 20.7. The Hall–Kier alpha value is -3.91. The number of amides is 1. The van der Waals surface area contributed by atoms with E-state index in [0.29, 0.717) is 40.6 Å². The van der Waals surface area contributed by atoms with Gasteiger partial charge in [0.05, 0.1) is 12.2 Å². The number of hydrogen-bond acceptors (Lipinski definition) is 6. The highest BCUT2D eigenvalue weighted by Gasteiger charge is 2.16. The number of rotatable bonds is 7. The van der Waals surface area contributed by atoms with Gasteiger partial charge in [0.15, 0.2) is 10.7 Å². The lowest BCUT2D eigenvalue weighted by Crippen LogP contribution is -2.34. The molecule has 3 aromatic carbocycles. The van der Waals surface area contributed by atoms with Crippen molar-refractivity contribution < 1.29 is 19.1 Å². The number of thiocarbonyl (C=S) groups is 1. The van der Waals surface area contributed by atoms with Crippen LogP contribution in [-0.2, 0) is 0 Å². The van der Waals surface area contributed by atoms with Gasteiger partial charge in [0.2, 0.25) is 5.89 Å². The minimum absolute atomic E-state index is 0.0197. The summed E-state index contributed by atoms with van der Waals surface area (Å²) in [5.41, 5.74) is 4.85. The Morgan fingerprint density at radius 2 is 1.97 bits per heavy atom. The summed E-state index contributed by atoms with van der Waals surface area (Å²) in [4.78, 5) is 17.2. The van der Waals surface area contributed by atoms with Crippen molar-refractivity contribution in [2.24, 2.45) is 0 Å². The van der Waals surface area contributed by atoms with Crippen LogP contribution < -0.4 is 15.4 Å². The standard InChI is InChI=1S/C27H27N3O4S/c1-4-5-11-33-20-8-6-7-18(14-20)25(32)30-27(35)28-19-9-10-23(31)21(15-19)26-29-22-13-16(2)12-17(3)24(22)34-26/h6-10,12-15,31H,4-5,11H2,1-3H3,(H2,28,30,32,35). The number of aromatic hydroxyl groups is 1. The molecule has 0 radical (unpaired) electrons. The molecule has 0 aliphatic heterocycles. The molecule has 35 heavy (non-hydrogen) atoms. The van der Waals surface area contributed by atoms with Gasteiger partial charge in [-0.05, 0) is 86.1 Å². The molecular weight excluding hydrogens is 462 g/mol. The monoisotopic (exact) mass is 489 g/mol. The van der Waals surface area contributed by atoms with Crippen molar-refractivity contribution >= 4 is 40.0 Å². The van der Waals surface area contributed by atoms with Gasteiger partial charge in [0, 0.05) is 11.3 Å². The second kappa shape index (κ2) is 10.6. The molecule has 0 atom stereocenters. The average Bonchev–Trinajstić information content (AvgIpc) is 3.25. The molecule has 0 unspecified atom stereocenters. The summed E-state index contributed by atoms with van der Waals surface area (Å²) in [6, 6.07) is 15.8. The summed E-state index contributed by atoms with van der Waals surface area (Å²) in [6.07, 6.45) is 1.98. The highest BCUT2D eigenvalue weighted by atomic mass is 32.1.